The van der Waals surface area contributed by atoms with E-state index >= 15 is 0 Å². The van der Waals surface area contributed by atoms with Gasteiger partial charge < -0.3 is 15.8 Å². The van der Waals surface area contributed by atoms with E-state index in [4.69, 9.17) is 10.5 Å². The first-order chi connectivity index (χ1) is 7.06. The highest BCUT2D eigenvalue weighted by atomic mass is 127. The molecule has 3 N–H and O–H groups in total. The molecule has 0 bridgehead atoms. The van der Waals surface area contributed by atoms with E-state index in [0.29, 0.717) is 12.6 Å². The van der Waals surface area contributed by atoms with E-state index in [1.165, 1.54) is 6.42 Å². The summed E-state index contributed by atoms with van der Waals surface area (Å²) in [4.78, 5) is 4.25. The molecule has 0 spiro atoms. The molecule has 0 rings (SSSR count). The van der Waals surface area contributed by atoms with E-state index in [2.05, 4.69) is 24.2 Å². The number of rotatable bonds is 7. The molecule has 98 valence electrons. The van der Waals surface area contributed by atoms with Crippen molar-refractivity contribution in [1.82, 2.24) is 5.32 Å². The second kappa shape index (κ2) is 11.4. The SMILES string of the molecule is COCC(C)NC(N)=NCCCC(C)C.I. The highest BCUT2D eigenvalue weighted by Crippen LogP contribution is 2.02. The molecule has 1 atom stereocenters. The molecule has 0 radical (unpaired) electrons. The Bertz CT molecular complexity index is 186. The molecule has 0 aliphatic carbocycles. The molecule has 0 aromatic rings. The molecule has 16 heavy (non-hydrogen) atoms. The van der Waals surface area contributed by atoms with E-state index in [9.17, 15) is 0 Å². The number of aliphatic imine (C=N–C) groups is 1. The topological polar surface area (TPSA) is 59.6 Å². The first-order valence-electron chi connectivity index (χ1n) is 5.61. The van der Waals surface area contributed by atoms with Crippen LogP contribution in [0.15, 0.2) is 4.99 Å². The number of nitrogens with two attached hydrogens (primary N) is 1. The summed E-state index contributed by atoms with van der Waals surface area (Å²) < 4.78 is 4.99. The number of guanidine groups is 1. The van der Waals surface area contributed by atoms with Gasteiger partial charge in [0.25, 0.3) is 0 Å². The minimum absolute atomic E-state index is 0. The van der Waals surface area contributed by atoms with Gasteiger partial charge in [-0.3, -0.25) is 4.99 Å². The maximum atomic E-state index is 5.71. The summed E-state index contributed by atoms with van der Waals surface area (Å²) in [6.45, 7) is 7.89. The summed E-state index contributed by atoms with van der Waals surface area (Å²) in [6.07, 6.45) is 2.29. The molecule has 0 aromatic heterocycles. The molecule has 5 heteroatoms. The van der Waals surface area contributed by atoms with Gasteiger partial charge >= 0.3 is 0 Å². The zero-order chi connectivity index (χ0) is 11.7. The van der Waals surface area contributed by atoms with Crippen LogP contribution in [0.1, 0.15) is 33.6 Å². The fourth-order valence-electron chi connectivity index (χ4n) is 1.29. The fraction of sp³-hybridized carbons (Fsp3) is 0.909. The van der Waals surface area contributed by atoms with Gasteiger partial charge in [-0.05, 0) is 25.7 Å². The Labute approximate surface area is 116 Å². The van der Waals surface area contributed by atoms with Crippen LogP contribution in [0.3, 0.4) is 0 Å². The highest BCUT2D eigenvalue weighted by Gasteiger charge is 2.00. The Hall–Kier alpha value is -0.0400. The number of hydrogen-bond donors (Lipinski definition) is 2. The summed E-state index contributed by atoms with van der Waals surface area (Å²) >= 11 is 0. The predicted molar refractivity (Wildman–Crippen MR) is 80.5 cm³/mol. The average Bonchev–Trinajstić information content (AvgIpc) is 2.12. The molecule has 0 heterocycles. The second-order valence-corrected chi connectivity index (χ2v) is 4.30. The maximum absolute atomic E-state index is 5.71. The first kappa shape index (κ1) is 18.3. The second-order valence-electron chi connectivity index (χ2n) is 4.30. The van der Waals surface area contributed by atoms with Crippen molar-refractivity contribution < 1.29 is 4.74 Å². The number of hydrogen-bond acceptors (Lipinski definition) is 2. The van der Waals surface area contributed by atoms with E-state index in [1.807, 2.05) is 6.92 Å². The Morgan fingerprint density at radius 3 is 2.50 bits per heavy atom. The largest absolute Gasteiger partial charge is 0.383 e. The molecule has 0 aliphatic heterocycles. The van der Waals surface area contributed by atoms with Gasteiger partial charge in [-0.15, -0.1) is 24.0 Å². The normalized spacial score (nSPS) is 13.4. The summed E-state index contributed by atoms with van der Waals surface area (Å²) in [6, 6.07) is 0.212. The van der Waals surface area contributed by atoms with Crippen LogP contribution >= 0.6 is 24.0 Å². The van der Waals surface area contributed by atoms with Crippen LogP contribution in [0.2, 0.25) is 0 Å². The minimum atomic E-state index is 0. The van der Waals surface area contributed by atoms with E-state index in [-0.39, 0.29) is 30.0 Å². The van der Waals surface area contributed by atoms with E-state index < -0.39 is 0 Å². The van der Waals surface area contributed by atoms with Crippen molar-refractivity contribution in [3.05, 3.63) is 0 Å². The molecular formula is C11H26IN3O. The van der Waals surface area contributed by atoms with Crippen LogP contribution in [-0.2, 0) is 4.74 Å². The quantitative estimate of drug-likeness (QED) is 0.322. The zero-order valence-corrected chi connectivity index (χ0v) is 13.2. The summed E-state index contributed by atoms with van der Waals surface area (Å²) in [5.74, 6) is 1.25. The maximum Gasteiger partial charge on any atom is 0.188 e. The minimum Gasteiger partial charge on any atom is -0.383 e. The van der Waals surface area contributed by atoms with Crippen molar-refractivity contribution in [1.29, 1.82) is 0 Å². The van der Waals surface area contributed by atoms with Crippen molar-refractivity contribution in [2.75, 3.05) is 20.3 Å². The Morgan fingerprint density at radius 1 is 1.38 bits per heavy atom. The van der Waals surface area contributed by atoms with Crippen molar-refractivity contribution in [3.63, 3.8) is 0 Å². The van der Waals surface area contributed by atoms with Gasteiger partial charge in [0.2, 0.25) is 0 Å². The van der Waals surface area contributed by atoms with Gasteiger partial charge in [0.15, 0.2) is 5.96 Å². The van der Waals surface area contributed by atoms with E-state index in [1.54, 1.807) is 7.11 Å². The summed E-state index contributed by atoms with van der Waals surface area (Å²) in [5.41, 5.74) is 5.71. The van der Waals surface area contributed by atoms with Gasteiger partial charge in [-0.2, -0.15) is 0 Å². The molecule has 0 saturated carbocycles. The summed E-state index contributed by atoms with van der Waals surface area (Å²) in [7, 11) is 1.67. The number of nitrogens with one attached hydrogen (secondary N) is 1. The van der Waals surface area contributed by atoms with Crippen molar-refractivity contribution in [3.8, 4) is 0 Å². The fourth-order valence-corrected chi connectivity index (χ4v) is 1.29. The van der Waals surface area contributed by atoms with Gasteiger partial charge in [0.1, 0.15) is 0 Å². The van der Waals surface area contributed by atoms with Crippen LogP contribution in [0, 0.1) is 5.92 Å². The third-order valence-electron chi connectivity index (χ3n) is 2.03. The van der Waals surface area contributed by atoms with Gasteiger partial charge in [0, 0.05) is 19.7 Å². The van der Waals surface area contributed by atoms with Crippen LogP contribution in [0.25, 0.3) is 0 Å². The van der Waals surface area contributed by atoms with Crippen LogP contribution in [-0.4, -0.2) is 32.3 Å². The average molecular weight is 343 g/mol. The Balaban J connectivity index is 0. The molecule has 0 amide bonds. The van der Waals surface area contributed by atoms with Gasteiger partial charge in [0.05, 0.1) is 6.61 Å². The lowest BCUT2D eigenvalue weighted by Gasteiger charge is -2.13. The Kier molecular flexibility index (Phi) is 13.1. The molecule has 4 nitrogen and oxygen atoms in total. The summed E-state index contributed by atoms with van der Waals surface area (Å²) in [5, 5.41) is 3.07. The van der Waals surface area contributed by atoms with E-state index in [0.717, 1.165) is 18.9 Å². The lowest BCUT2D eigenvalue weighted by atomic mass is 10.1. The zero-order valence-electron chi connectivity index (χ0n) is 10.8. The molecule has 1 unspecified atom stereocenters. The number of ether oxygens (including phenoxy) is 1. The third kappa shape index (κ3) is 12.0. The number of halogens is 1. The predicted octanol–water partition coefficient (Wildman–Crippen LogP) is 1.98. The highest BCUT2D eigenvalue weighted by molar-refractivity contribution is 14.0. The molecular weight excluding hydrogens is 317 g/mol. The van der Waals surface area contributed by atoms with Crippen LogP contribution in [0.5, 0.6) is 0 Å². The van der Waals surface area contributed by atoms with Crippen LogP contribution in [0.4, 0.5) is 0 Å². The number of nitrogens with zero attached hydrogens (tertiary/aromatic N) is 1. The van der Waals surface area contributed by atoms with Crippen molar-refractivity contribution in [2.45, 2.75) is 39.7 Å². The number of methoxy groups -OCH3 is 1. The van der Waals surface area contributed by atoms with Gasteiger partial charge in [-0.1, -0.05) is 13.8 Å². The Morgan fingerprint density at radius 2 is 2.00 bits per heavy atom. The molecule has 0 aliphatic rings. The monoisotopic (exact) mass is 343 g/mol. The molecule has 0 fully saturated rings. The third-order valence-corrected chi connectivity index (χ3v) is 2.03. The lowest BCUT2D eigenvalue weighted by molar-refractivity contribution is 0.179. The van der Waals surface area contributed by atoms with Gasteiger partial charge in [-0.25, -0.2) is 0 Å². The smallest absolute Gasteiger partial charge is 0.188 e. The first-order valence-corrected chi connectivity index (χ1v) is 5.61. The standard InChI is InChI=1S/C11H25N3O.HI/c1-9(2)6-5-7-13-11(12)14-10(3)8-15-4;/h9-10H,5-8H2,1-4H3,(H3,12,13,14);1H. The van der Waals surface area contributed by atoms with Crippen LogP contribution < -0.4 is 11.1 Å². The van der Waals surface area contributed by atoms with Crippen molar-refractivity contribution >= 4 is 29.9 Å². The molecule has 0 aromatic carbocycles. The lowest BCUT2D eigenvalue weighted by Crippen LogP contribution is -2.40. The molecule has 0 saturated heterocycles. The van der Waals surface area contributed by atoms with Crippen molar-refractivity contribution in [2.24, 2.45) is 16.6 Å².